The van der Waals surface area contributed by atoms with Crippen LogP contribution < -0.4 is 16.9 Å². The van der Waals surface area contributed by atoms with E-state index >= 15 is 0 Å². The Labute approximate surface area is 108 Å². The second kappa shape index (κ2) is 5.19. The SMILES string of the molecule is Cn1ccn(Cc2cc(F)cc(CN)c2)c(=O)c1=O. The number of aryl methyl sites for hydroxylation is 1. The quantitative estimate of drug-likeness (QED) is 0.804. The molecule has 2 rings (SSSR count). The summed E-state index contributed by atoms with van der Waals surface area (Å²) in [4.78, 5) is 23.2. The number of benzene rings is 1. The Morgan fingerprint density at radius 3 is 2.47 bits per heavy atom. The van der Waals surface area contributed by atoms with Crippen molar-refractivity contribution in [2.24, 2.45) is 12.8 Å². The van der Waals surface area contributed by atoms with Crippen molar-refractivity contribution < 1.29 is 4.39 Å². The van der Waals surface area contributed by atoms with Crippen LogP contribution >= 0.6 is 0 Å². The first-order valence-electron chi connectivity index (χ1n) is 5.76. The van der Waals surface area contributed by atoms with E-state index in [4.69, 9.17) is 5.73 Å². The lowest BCUT2D eigenvalue weighted by Crippen LogP contribution is -2.39. The summed E-state index contributed by atoms with van der Waals surface area (Å²) in [5.74, 6) is -0.408. The molecule has 2 N–H and O–H groups in total. The van der Waals surface area contributed by atoms with Crippen LogP contribution in [0.5, 0.6) is 0 Å². The Balaban J connectivity index is 2.42. The standard InChI is InChI=1S/C13H14FN3O2/c1-16-2-3-17(13(19)12(16)18)8-10-4-9(7-15)5-11(14)6-10/h2-6H,7-8,15H2,1H3. The van der Waals surface area contributed by atoms with Crippen molar-refractivity contribution >= 4 is 0 Å². The highest BCUT2D eigenvalue weighted by Crippen LogP contribution is 2.09. The molecule has 5 nitrogen and oxygen atoms in total. The van der Waals surface area contributed by atoms with Crippen LogP contribution in [0.25, 0.3) is 0 Å². The van der Waals surface area contributed by atoms with Gasteiger partial charge in [0, 0.05) is 26.0 Å². The molecule has 0 amide bonds. The fourth-order valence-corrected chi connectivity index (χ4v) is 1.84. The van der Waals surface area contributed by atoms with Gasteiger partial charge in [-0.15, -0.1) is 0 Å². The van der Waals surface area contributed by atoms with Crippen LogP contribution in [0.4, 0.5) is 4.39 Å². The molecule has 19 heavy (non-hydrogen) atoms. The third-order valence-electron chi connectivity index (χ3n) is 2.84. The summed E-state index contributed by atoms with van der Waals surface area (Å²) in [6.45, 7) is 0.357. The Morgan fingerprint density at radius 1 is 1.11 bits per heavy atom. The first kappa shape index (κ1) is 13.2. The second-order valence-corrected chi connectivity index (χ2v) is 4.32. The van der Waals surface area contributed by atoms with E-state index in [9.17, 15) is 14.0 Å². The van der Waals surface area contributed by atoms with Gasteiger partial charge in [0.05, 0.1) is 6.54 Å². The maximum atomic E-state index is 13.4. The first-order chi connectivity index (χ1) is 9.01. The number of nitrogens with zero attached hydrogens (tertiary/aromatic N) is 2. The van der Waals surface area contributed by atoms with E-state index in [0.717, 1.165) is 0 Å². The second-order valence-electron chi connectivity index (χ2n) is 4.32. The van der Waals surface area contributed by atoms with E-state index in [2.05, 4.69) is 0 Å². The number of hydrogen-bond acceptors (Lipinski definition) is 3. The predicted molar refractivity (Wildman–Crippen MR) is 69.3 cm³/mol. The molecule has 0 atom stereocenters. The molecule has 0 bridgehead atoms. The normalized spacial score (nSPS) is 10.7. The van der Waals surface area contributed by atoms with E-state index in [1.807, 2.05) is 0 Å². The summed E-state index contributed by atoms with van der Waals surface area (Å²) >= 11 is 0. The molecule has 2 aromatic rings. The minimum Gasteiger partial charge on any atom is -0.326 e. The van der Waals surface area contributed by atoms with Crippen LogP contribution in [0.2, 0.25) is 0 Å². The van der Waals surface area contributed by atoms with Crippen LogP contribution in [-0.2, 0) is 20.1 Å². The van der Waals surface area contributed by atoms with Crippen LogP contribution in [0.3, 0.4) is 0 Å². The van der Waals surface area contributed by atoms with Crippen molar-refractivity contribution in [1.29, 1.82) is 0 Å². The van der Waals surface area contributed by atoms with Gasteiger partial charge in [-0.2, -0.15) is 0 Å². The zero-order chi connectivity index (χ0) is 14.0. The first-order valence-corrected chi connectivity index (χ1v) is 5.76. The smallest absolute Gasteiger partial charge is 0.316 e. The van der Waals surface area contributed by atoms with Gasteiger partial charge in [-0.1, -0.05) is 6.07 Å². The Morgan fingerprint density at radius 2 is 1.79 bits per heavy atom. The van der Waals surface area contributed by atoms with Crippen molar-refractivity contribution in [3.8, 4) is 0 Å². The summed E-state index contributed by atoms with van der Waals surface area (Å²) < 4.78 is 15.8. The Kier molecular flexibility index (Phi) is 3.62. The molecule has 0 saturated carbocycles. The van der Waals surface area contributed by atoms with Crippen molar-refractivity contribution in [3.63, 3.8) is 0 Å². The third-order valence-corrected chi connectivity index (χ3v) is 2.84. The van der Waals surface area contributed by atoms with Gasteiger partial charge in [-0.3, -0.25) is 9.59 Å². The van der Waals surface area contributed by atoms with Gasteiger partial charge in [0.25, 0.3) is 0 Å². The van der Waals surface area contributed by atoms with Crippen molar-refractivity contribution in [2.45, 2.75) is 13.1 Å². The van der Waals surface area contributed by atoms with E-state index in [-0.39, 0.29) is 13.1 Å². The summed E-state index contributed by atoms with van der Waals surface area (Å²) in [5.41, 5.74) is 5.46. The highest BCUT2D eigenvalue weighted by molar-refractivity contribution is 5.24. The molecule has 0 aliphatic rings. The van der Waals surface area contributed by atoms with Crippen LogP contribution in [-0.4, -0.2) is 9.13 Å². The molecular weight excluding hydrogens is 249 g/mol. The number of hydrogen-bond donors (Lipinski definition) is 1. The van der Waals surface area contributed by atoms with Gasteiger partial charge in [0.15, 0.2) is 0 Å². The fraction of sp³-hybridized carbons (Fsp3) is 0.231. The van der Waals surface area contributed by atoms with Gasteiger partial charge in [0.2, 0.25) is 0 Å². The number of nitrogens with two attached hydrogens (primary N) is 1. The summed E-state index contributed by atoms with van der Waals surface area (Å²) in [7, 11) is 1.50. The molecule has 0 aliphatic heterocycles. The van der Waals surface area contributed by atoms with E-state index in [1.165, 1.54) is 40.7 Å². The van der Waals surface area contributed by atoms with Gasteiger partial charge in [-0.25, -0.2) is 4.39 Å². The van der Waals surface area contributed by atoms with E-state index < -0.39 is 16.9 Å². The molecule has 1 aromatic carbocycles. The maximum absolute atomic E-state index is 13.4. The largest absolute Gasteiger partial charge is 0.326 e. The molecule has 100 valence electrons. The topological polar surface area (TPSA) is 70.0 Å². The van der Waals surface area contributed by atoms with Gasteiger partial charge < -0.3 is 14.9 Å². The molecule has 0 fully saturated rings. The van der Waals surface area contributed by atoms with Crippen LogP contribution in [0.1, 0.15) is 11.1 Å². The highest BCUT2D eigenvalue weighted by Gasteiger charge is 2.05. The average Bonchev–Trinajstić information content (AvgIpc) is 2.39. The molecular formula is C13H14FN3O2. The minimum absolute atomic E-state index is 0.139. The maximum Gasteiger partial charge on any atom is 0.316 e. The Bertz CT molecular complexity index is 719. The van der Waals surface area contributed by atoms with Crippen LogP contribution in [0, 0.1) is 5.82 Å². The fourth-order valence-electron chi connectivity index (χ4n) is 1.84. The zero-order valence-corrected chi connectivity index (χ0v) is 10.5. The minimum atomic E-state index is -0.636. The molecule has 1 aromatic heterocycles. The van der Waals surface area contributed by atoms with Crippen molar-refractivity contribution in [1.82, 2.24) is 9.13 Å². The predicted octanol–water partition coefficient (Wildman–Crippen LogP) is 0.193. The van der Waals surface area contributed by atoms with Gasteiger partial charge in [0.1, 0.15) is 5.82 Å². The van der Waals surface area contributed by atoms with Crippen LogP contribution in [0.15, 0.2) is 40.2 Å². The summed E-state index contributed by atoms with van der Waals surface area (Å²) in [5, 5.41) is 0. The summed E-state index contributed by atoms with van der Waals surface area (Å²) in [6, 6.07) is 4.38. The molecule has 0 spiro atoms. The molecule has 1 heterocycles. The molecule has 6 heteroatoms. The van der Waals surface area contributed by atoms with Crippen molar-refractivity contribution in [2.75, 3.05) is 0 Å². The molecule has 0 radical (unpaired) electrons. The van der Waals surface area contributed by atoms with E-state index in [0.29, 0.717) is 11.1 Å². The lowest BCUT2D eigenvalue weighted by Gasteiger charge is -2.08. The lowest BCUT2D eigenvalue weighted by atomic mass is 10.1. The average molecular weight is 263 g/mol. The number of rotatable bonds is 3. The molecule has 0 unspecified atom stereocenters. The number of halogens is 1. The van der Waals surface area contributed by atoms with Crippen molar-refractivity contribution in [3.05, 3.63) is 68.2 Å². The Hall–Kier alpha value is -2.21. The highest BCUT2D eigenvalue weighted by atomic mass is 19.1. The monoisotopic (exact) mass is 263 g/mol. The third kappa shape index (κ3) is 2.79. The van der Waals surface area contributed by atoms with Gasteiger partial charge in [-0.05, 0) is 23.3 Å². The molecule has 0 aliphatic carbocycles. The zero-order valence-electron chi connectivity index (χ0n) is 10.5. The van der Waals surface area contributed by atoms with E-state index in [1.54, 1.807) is 6.07 Å². The number of aromatic nitrogens is 2. The lowest BCUT2D eigenvalue weighted by molar-refractivity contribution is 0.618. The summed E-state index contributed by atoms with van der Waals surface area (Å²) in [6.07, 6.45) is 2.99. The van der Waals surface area contributed by atoms with Gasteiger partial charge >= 0.3 is 11.1 Å². The molecule has 0 saturated heterocycles.